The number of rotatable bonds is 4. The molecule has 0 radical (unpaired) electrons. The van der Waals surface area contributed by atoms with Gasteiger partial charge in [0.05, 0.1) is 24.3 Å². The topological polar surface area (TPSA) is 93.2 Å². The van der Waals surface area contributed by atoms with Crippen LogP contribution >= 0.6 is 11.6 Å². The molecular weight excluding hydrogens is 416 g/mol. The number of amides is 3. The van der Waals surface area contributed by atoms with Crippen molar-refractivity contribution in [2.75, 3.05) is 13.1 Å². The Labute approximate surface area is 177 Å². The number of nitrogens with one attached hydrogen (secondary N) is 1. The van der Waals surface area contributed by atoms with Gasteiger partial charge in [-0.15, -0.1) is 0 Å². The van der Waals surface area contributed by atoms with E-state index in [2.05, 4.69) is 10.4 Å². The predicted octanol–water partition coefficient (Wildman–Crippen LogP) is 3.26. The Morgan fingerprint density at radius 3 is 2.67 bits per heavy atom. The smallest absolute Gasteiger partial charge is 0.317 e. The number of carbonyl (C=O) groups is 2. The van der Waals surface area contributed by atoms with Crippen molar-refractivity contribution in [1.82, 2.24) is 20.0 Å². The number of fused-ring (bicyclic) bond motifs is 1. The molecule has 7 nitrogen and oxygen atoms in total. The largest absolute Gasteiger partial charge is 0.365 e. The molecule has 3 amide bonds. The maximum absolute atomic E-state index is 13.2. The molecule has 1 fully saturated rings. The molecule has 160 valence electrons. The summed E-state index contributed by atoms with van der Waals surface area (Å²) in [5.41, 5.74) is 6.90. The van der Waals surface area contributed by atoms with Crippen LogP contribution in [0.25, 0.3) is 11.3 Å². The molecule has 1 aliphatic carbocycles. The van der Waals surface area contributed by atoms with Crippen LogP contribution in [-0.2, 0) is 13.1 Å². The van der Waals surface area contributed by atoms with E-state index >= 15 is 0 Å². The van der Waals surface area contributed by atoms with Gasteiger partial charge in [0, 0.05) is 36.5 Å². The van der Waals surface area contributed by atoms with E-state index in [0.29, 0.717) is 35.1 Å². The van der Waals surface area contributed by atoms with E-state index in [1.807, 2.05) is 0 Å². The summed E-state index contributed by atoms with van der Waals surface area (Å²) in [6.45, 7) is 2.82. The Bertz CT molecular complexity index is 1010. The molecule has 30 heavy (non-hydrogen) atoms. The van der Waals surface area contributed by atoms with Gasteiger partial charge in [-0.1, -0.05) is 30.7 Å². The SMILES string of the molecule is CC1(CNC(=O)N2CCn3nc(-c4cccc(Cl)c4)c(C(N)=O)c3C2)CC(F)(F)C1. The summed E-state index contributed by atoms with van der Waals surface area (Å²) in [5.74, 6) is -3.29. The highest BCUT2D eigenvalue weighted by Crippen LogP contribution is 2.51. The molecule has 2 heterocycles. The summed E-state index contributed by atoms with van der Waals surface area (Å²) >= 11 is 6.07. The Morgan fingerprint density at radius 1 is 1.30 bits per heavy atom. The van der Waals surface area contributed by atoms with Crippen molar-refractivity contribution in [1.29, 1.82) is 0 Å². The van der Waals surface area contributed by atoms with Crippen LogP contribution < -0.4 is 11.1 Å². The molecule has 1 aromatic carbocycles. The van der Waals surface area contributed by atoms with Gasteiger partial charge in [-0.05, 0) is 17.5 Å². The summed E-state index contributed by atoms with van der Waals surface area (Å²) in [6.07, 6.45) is -0.469. The fourth-order valence-electron chi connectivity index (χ4n) is 4.31. The Morgan fingerprint density at radius 2 is 2.03 bits per heavy atom. The monoisotopic (exact) mass is 437 g/mol. The molecule has 1 saturated carbocycles. The molecule has 0 unspecified atom stereocenters. The first-order valence-corrected chi connectivity index (χ1v) is 10.0. The minimum atomic E-state index is -2.65. The van der Waals surface area contributed by atoms with Crippen molar-refractivity contribution in [3.05, 3.63) is 40.5 Å². The first-order valence-electron chi connectivity index (χ1n) is 9.63. The standard InChI is InChI=1S/C20H22ClF2N5O2/c1-19(9-20(22,23)10-19)11-25-18(30)27-5-6-28-14(8-27)15(17(24)29)16(26-28)12-3-2-4-13(21)7-12/h2-4,7H,5-6,8-11H2,1H3,(H2,24,29)(H,25,30). The first-order chi connectivity index (χ1) is 14.1. The van der Waals surface area contributed by atoms with Gasteiger partial charge in [-0.2, -0.15) is 5.10 Å². The number of hydrogen-bond donors (Lipinski definition) is 2. The highest BCUT2D eigenvalue weighted by molar-refractivity contribution is 6.30. The summed E-state index contributed by atoms with van der Waals surface area (Å²) in [5, 5.41) is 7.77. The van der Waals surface area contributed by atoms with E-state index in [1.165, 1.54) is 4.90 Å². The average molecular weight is 438 g/mol. The van der Waals surface area contributed by atoms with Crippen molar-refractivity contribution in [3.8, 4) is 11.3 Å². The number of alkyl halides is 2. The maximum Gasteiger partial charge on any atom is 0.317 e. The second-order valence-corrected chi connectivity index (χ2v) is 8.80. The lowest BCUT2D eigenvalue weighted by Gasteiger charge is -2.45. The minimum Gasteiger partial charge on any atom is -0.365 e. The molecule has 1 aromatic heterocycles. The van der Waals surface area contributed by atoms with Gasteiger partial charge in [0.15, 0.2) is 0 Å². The van der Waals surface area contributed by atoms with Crippen LogP contribution in [0.15, 0.2) is 24.3 Å². The van der Waals surface area contributed by atoms with Gasteiger partial charge in [0.1, 0.15) is 5.69 Å². The van der Waals surface area contributed by atoms with Crippen LogP contribution in [-0.4, -0.2) is 45.6 Å². The van der Waals surface area contributed by atoms with Crippen LogP contribution in [0.2, 0.25) is 5.02 Å². The number of carbonyl (C=O) groups excluding carboxylic acids is 2. The third kappa shape index (κ3) is 3.86. The van der Waals surface area contributed by atoms with Crippen molar-refractivity contribution in [3.63, 3.8) is 0 Å². The number of primary amides is 1. The van der Waals surface area contributed by atoms with E-state index in [0.717, 1.165) is 0 Å². The molecule has 0 bridgehead atoms. The molecule has 3 N–H and O–H groups in total. The number of benzene rings is 1. The van der Waals surface area contributed by atoms with Crippen molar-refractivity contribution in [2.45, 2.75) is 38.8 Å². The molecule has 2 aliphatic rings. The van der Waals surface area contributed by atoms with Gasteiger partial charge >= 0.3 is 6.03 Å². The fourth-order valence-corrected chi connectivity index (χ4v) is 4.50. The second kappa shape index (κ2) is 7.23. The predicted molar refractivity (Wildman–Crippen MR) is 107 cm³/mol. The summed E-state index contributed by atoms with van der Waals surface area (Å²) in [4.78, 5) is 26.4. The third-order valence-corrected chi connectivity index (χ3v) is 5.88. The van der Waals surface area contributed by atoms with Crippen LogP contribution in [0.1, 0.15) is 35.8 Å². The Kier molecular flexibility index (Phi) is 4.96. The van der Waals surface area contributed by atoms with E-state index in [9.17, 15) is 18.4 Å². The number of hydrogen-bond acceptors (Lipinski definition) is 3. The van der Waals surface area contributed by atoms with Crippen molar-refractivity contribution in [2.24, 2.45) is 11.1 Å². The molecular formula is C20H22ClF2N5O2. The molecule has 10 heteroatoms. The van der Waals surface area contributed by atoms with Gasteiger partial charge < -0.3 is 16.0 Å². The zero-order valence-corrected chi connectivity index (χ0v) is 17.2. The Hall–Kier alpha value is -2.68. The van der Waals surface area contributed by atoms with Crippen molar-refractivity contribution < 1.29 is 18.4 Å². The lowest BCUT2D eigenvalue weighted by Crippen LogP contribution is -2.53. The summed E-state index contributed by atoms with van der Waals surface area (Å²) in [7, 11) is 0. The second-order valence-electron chi connectivity index (χ2n) is 8.37. The number of urea groups is 1. The normalized spacial score (nSPS) is 19.0. The van der Waals surface area contributed by atoms with E-state index in [1.54, 1.807) is 35.9 Å². The molecule has 0 atom stereocenters. The number of nitrogens with zero attached hydrogens (tertiary/aromatic N) is 3. The summed E-state index contributed by atoms with van der Waals surface area (Å²) < 4.78 is 28.0. The van der Waals surface area contributed by atoms with E-state index in [-0.39, 0.29) is 37.5 Å². The van der Waals surface area contributed by atoms with Gasteiger partial charge in [0.25, 0.3) is 5.91 Å². The minimum absolute atomic E-state index is 0.143. The first kappa shape index (κ1) is 20.6. The van der Waals surface area contributed by atoms with E-state index < -0.39 is 17.2 Å². The third-order valence-electron chi connectivity index (χ3n) is 5.65. The number of nitrogens with two attached hydrogens (primary N) is 1. The molecule has 4 rings (SSSR count). The van der Waals surface area contributed by atoms with Crippen LogP contribution in [0, 0.1) is 5.41 Å². The quantitative estimate of drug-likeness (QED) is 0.768. The van der Waals surface area contributed by atoms with Crippen LogP contribution in [0.4, 0.5) is 13.6 Å². The highest BCUT2D eigenvalue weighted by Gasteiger charge is 2.53. The lowest BCUT2D eigenvalue weighted by atomic mass is 9.67. The lowest BCUT2D eigenvalue weighted by molar-refractivity contribution is -0.151. The zero-order chi connectivity index (χ0) is 21.7. The van der Waals surface area contributed by atoms with Crippen molar-refractivity contribution >= 4 is 23.5 Å². The molecule has 2 aromatic rings. The average Bonchev–Trinajstić information content (AvgIpc) is 3.03. The number of halogens is 3. The summed E-state index contributed by atoms with van der Waals surface area (Å²) in [6, 6.07) is 6.59. The molecule has 0 spiro atoms. The fraction of sp³-hybridized carbons (Fsp3) is 0.450. The van der Waals surface area contributed by atoms with Gasteiger partial charge in [0.2, 0.25) is 5.92 Å². The van der Waals surface area contributed by atoms with Crippen LogP contribution in [0.3, 0.4) is 0 Å². The number of aromatic nitrogens is 2. The maximum atomic E-state index is 13.2. The van der Waals surface area contributed by atoms with Crippen LogP contribution in [0.5, 0.6) is 0 Å². The van der Waals surface area contributed by atoms with E-state index in [4.69, 9.17) is 17.3 Å². The highest BCUT2D eigenvalue weighted by atomic mass is 35.5. The van der Waals surface area contributed by atoms with Gasteiger partial charge in [-0.3, -0.25) is 9.48 Å². The Balaban J connectivity index is 1.52. The van der Waals surface area contributed by atoms with Gasteiger partial charge in [-0.25, -0.2) is 13.6 Å². The molecule has 0 saturated heterocycles. The molecule has 1 aliphatic heterocycles. The zero-order valence-electron chi connectivity index (χ0n) is 16.4.